The van der Waals surface area contributed by atoms with Crippen molar-refractivity contribution in [2.24, 2.45) is 0 Å². The van der Waals surface area contributed by atoms with Gasteiger partial charge < -0.3 is 9.84 Å². The first-order valence-electron chi connectivity index (χ1n) is 5.76. The first-order chi connectivity index (χ1) is 8.74. The maximum Gasteiger partial charge on any atom is 0.261 e. The third-order valence-corrected chi connectivity index (χ3v) is 3.21. The molecule has 1 fully saturated rings. The first kappa shape index (κ1) is 11.6. The van der Waals surface area contributed by atoms with Crippen LogP contribution in [0.1, 0.15) is 24.7 Å². The highest BCUT2D eigenvalue weighted by atomic mass is 35.5. The Morgan fingerprint density at radius 1 is 1.44 bits per heavy atom. The van der Waals surface area contributed by atoms with Gasteiger partial charge in [0.05, 0.1) is 11.6 Å². The van der Waals surface area contributed by atoms with Crippen molar-refractivity contribution in [2.75, 3.05) is 6.54 Å². The Morgan fingerprint density at radius 3 is 3.11 bits per heavy atom. The van der Waals surface area contributed by atoms with Crippen LogP contribution in [0, 0.1) is 5.82 Å². The summed E-state index contributed by atoms with van der Waals surface area (Å²) in [5.41, 5.74) is 0.235. The van der Waals surface area contributed by atoms with Crippen LogP contribution in [0.2, 0.25) is 5.02 Å². The summed E-state index contributed by atoms with van der Waals surface area (Å²) in [5, 5.41) is 7.58. The molecule has 1 saturated heterocycles. The number of nitrogens with one attached hydrogen (secondary N) is 1. The maximum absolute atomic E-state index is 13.6. The molecule has 1 aliphatic rings. The third-order valence-electron chi connectivity index (χ3n) is 2.97. The van der Waals surface area contributed by atoms with Crippen molar-refractivity contribution in [1.29, 1.82) is 0 Å². The molecule has 2 aromatic rings. The molecule has 0 spiro atoms. The standard InChI is InChI=1S/C12H11ClFN3O/c13-7-3-4-9(14)8(6-7)12-16-11(17-18-12)10-2-1-5-15-10/h3-4,6,10,15H,1-2,5H2. The monoisotopic (exact) mass is 267 g/mol. The molecular formula is C12H11ClFN3O. The summed E-state index contributed by atoms with van der Waals surface area (Å²) in [7, 11) is 0. The Balaban J connectivity index is 1.94. The fourth-order valence-corrected chi connectivity index (χ4v) is 2.22. The molecule has 2 heterocycles. The van der Waals surface area contributed by atoms with E-state index in [1.54, 1.807) is 0 Å². The second kappa shape index (κ2) is 4.66. The molecule has 3 rings (SSSR count). The lowest BCUT2D eigenvalue weighted by Crippen LogP contribution is -2.14. The Morgan fingerprint density at radius 2 is 2.33 bits per heavy atom. The van der Waals surface area contributed by atoms with Gasteiger partial charge in [-0.2, -0.15) is 4.98 Å². The second-order valence-electron chi connectivity index (χ2n) is 4.23. The van der Waals surface area contributed by atoms with Crippen molar-refractivity contribution in [3.8, 4) is 11.5 Å². The number of hydrogen-bond acceptors (Lipinski definition) is 4. The van der Waals surface area contributed by atoms with Gasteiger partial charge in [0, 0.05) is 5.02 Å². The van der Waals surface area contributed by atoms with Gasteiger partial charge in [0.2, 0.25) is 0 Å². The lowest BCUT2D eigenvalue weighted by molar-refractivity contribution is 0.410. The van der Waals surface area contributed by atoms with Crippen LogP contribution in [0.4, 0.5) is 4.39 Å². The van der Waals surface area contributed by atoms with E-state index < -0.39 is 5.82 Å². The van der Waals surface area contributed by atoms with E-state index in [1.165, 1.54) is 18.2 Å². The topological polar surface area (TPSA) is 51.0 Å². The van der Waals surface area contributed by atoms with E-state index in [4.69, 9.17) is 16.1 Å². The van der Waals surface area contributed by atoms with E-state index in [0.29, 0.717) is 10.8 Å². The molecule has 1 aromatic heterocycles. The molecule has 0 bridgehead atoms. The molecule has 6 heteroatoms. The molecule has 4 nitrogen and oxygen atoms in total. The molecule has 18 heavy (non-hydrogen) atoms. The molecule has 1 N–H and O–H groups in total. The number of nitrogens with zero attached hydrogens (tertiary/aromatic N) is 2. The van der Waals surface area contributed by atoms with Gasteiger partial charge in [0.1, 0.15) is 5.82 Å². The van der Waals surface area contributed by atoms with Crippen molar-refractivity contribution in [1.82, 2.24) is 15.5 Å². The first-order valence-corrected chi connectivity index (χ1v) is 6.14. The zero-order valence-electron chi connectivity index (χ0n) is 9.49. The molecule has 0 radical (unpaired) electrons. The summed E-state index contributed by atoms with van der Waals surface area (Å²) in [6.07, 6.45) is 2.05. The minimum atomic E-state index is -0.422. The van der Waals surface area contributed by atoms with Crippen LogP contribution >= 0.6 is 11.6 Å². The molecule has 0 amide bonds. The smallest absolute Gasteiger partial charge is 0.261 e. The maximum atomic E-state index is 13.6. The second-order valence-corrected chi connectivity index (χ2v) is 4.67. The Kier molecular flexibility index (Phi) is 3.01. The molecule has 94 valence electrons. The molecule has 1 atom stereocenters. The van der Waals surface area contributed by atoms with Crippen LogP contribution in [-0.4, -0.2) is 16.7 Å². The number of benzene rings is 1. The van der Waals surface area contributed by atoms with Crippen LogP contribution in [0.25, 0.3) is 11.5 Å². The lowest BCUT2D eigenvalue weighted by Gasteiger charge is -2.01. The molecule has 1 aromatic carbocycles. The summed E-state index contributed by atoms with van der Waals surface area (Å²) in [6.45, 7) is 0.945. The van der Waals surface area contributed by atoms with Gasteiger partial charge in [-0.3, -0.25) is 0 Å². The van der Waals surface area contributed by atoms with E-state index in [2.05, 4.69) is 15.5 Å². The molecule has 1 aliphatic heterocycles. The zero-order chi connectivity index (χ0) is 12.5. The van der Waals surface area contributed by atoms with E-state index in [9.17, 15) is 4.39 Å². The van der Waals surface area contributed by atoms with Crippen LogP contribution in [-0.2, 0) is 0 Å². The SMILES string of the molecule is Fc1ccc(Cl)cc1-c1nc(C2CCCN2)no1. The number of aromatic nitrogens is 2. The minimum absolute atomic E-state index is 0.102. The molecule has 0 saturated carbocycles. The average molecular weight is 268 g/mol. The van der Waals surface area contributed by atoms with E-state index >= 15 is 0 Å². The van der Waals surface area contributed by atoms with Crippen molar-refractivity contribution in [3.63, 3.8) is 0 Å². The summed E-state index contributed by atoms with van der Waals surface area (Å²) in [6, 6.07) is 4.35. The predicted octanol–water partition coefficient (Wildman–Crippen LogP) is 2.95. The van der Waals surface area contributed by atoms with Crippen molar-refractivity contribution < 1.29 is 8.91 Å². The third kappa shape index (κ3) is 2.11. The predicted molar refractivity (Wildman–Crippen MR) is 64.7 cm³/mol. The average Bonchev–Trinajstić information content (AvgIpc) is 3.00. The fourth-order valence-electron chi connectivity index (χ4n) is 2.05. The number of halogens is 2. The van der Waals surface area contributed by atoms with Gasteiger partial charge in [-0.05, 0) is 37.6 Å². The van der Waals surface area contributed by atoms with Gasteiger partial charge in [0.25, 0.3) is 5.89 Å². The van der Waals surface area contributed by atoms with Crippen LogP contribution in [0.5, 0.6) is 0 Å². The molecule has 1 unspecified atom stereocenters. The van der Waals surface area contributed by atoms with Crippen LogP contribution in [0.3, 0.4) is 0 Å². The van der Waals surface area contributed by atoms with E-state index in [-0.39, 0.29) is 17.5 Å². The minimum Gasteiger partial charge on any atom is -0.334 e. The lowest BCUT2D eigenvalue weighted by atomic mass is 10.2. The summed E-state index contributed by atoms with van der Waals surface area (Å²) in [5.74, 6) is 0.314. The van der Waals surface area contributed by atoms with Gasteiger partial charge in [0.15, 0.2) is 5.82 Å². The largest absolute Gasteiger partial charge is 0.334 e. The summed E-state index contributed by atoms with van der Waals surface area (Å²) >= 11 is 5.83. The summed E-state index contributed by atoms with van der Waals surface area (Å²) in [4.78, 5) is 4.23. The van der Waals surface area contributed by atoms with Crippen molar-refractivity contribution >= 4 is 11.6 Å². The summed E-state index contributed by atoms with van der Waals surface area (Å²) < 4.78 is 18.7. The van der Waals surface area contributed by atoms with Gasteiger partial charge >= 0.3 is 0 Å². The van der Waals surface area contributed by atoms with Crippen LogP contribution in [0.15, 0.2) is 22.7 Å². The van der Waals surface area contributed by atoms with Gasteiger partial charge in [-0.25, -0.2) is 4.39 Å². The fraction of sp³-hybridized carbons (Fsp3) is 0.333. The Labute approximate surface area is 108 Å². The van der Waals surface area contributed by atoms with Gasteiger partial charge in [-0.1, -0.05) is 16.8 Å². The van der Waals surface area contributed by atoms with Crippen molar-refractivity contribution in [3.05, 3.63) is 34.9 Å². The highest BCUT2D eigenvalue weighted by Gasteiger charge is 2.23. The van der Waals surface area contributed by atoms with Gasteiger partial charge in [-0.15, -0.1) is 0 Å². The molecular weight excluding hydrogens is 257 g/mol. The Bertz CT molecular complexity index is 566. The normalized spacial score (nSPS) is 19.3. The highest BCUT2D eigenvalue weighted by molar-refractivity contribution is 6.30. The zero-order valence-corrected chi connectivity index (χ0v) is 10.2. The molecule has 0 aliphatic carbocycles. The number of hydrogen-bond donors (Lipinski definition) is 1. The highest BCUT2D eigenvalue weighted by Crippen LogP contribution is 2.27. The Hall–Kier alpha value is -1.46. The van der Waals surface area contributed by atoms with E-state index in [0.717, 1.165) is 19.4 Å². The van der Waals surface area contributed by atoms with E-state index in [1.807, 2.05) is 0 Å². The number of rotatable bonds is 2. The quantitative estimate of drug-likeness (QED) is 0.909. The van der Waals surface area contributed by atoms with Crippen molar-refractivity contribution in [2.45, 2.75) is 18.9 Å². The van der Waals surface area contributed by atoms with Crippen LogP contribution < -0.4 is 5.32 Å².